The molecule has 4 rings (SSSR count). The SMILES string of the molecule is CC(C)[C@@H](NS(C)(=O)=O)c1nnc2n1CCN(Cc1cccc(Oc3ccccc3)c1)CC2. The molecule has 8 nitrogen and oxygen atoms in total. The maximum Gasteiger partial charge on any atom is 0.209 e. The van der Waals surface area contributed by atoms with E-state index in [9.17, 15) is 8.42 Å². The molecule has 9 heteroatoms. The fourth-order valence-electron chi connectivity index (χ4n) is 4.08. The molecule has 0 amide bonds. The molecule has 0 fully saturated rings. The largest absolute Gasteiger partial charge is 0.457 e. The molecule has 1 aliphatic heterocycles. The van der Waals surface area contributed by atoms with Gasteiger partial charge in [0, 0.05) is 32.6 Å². The number of hydrogen-bond donors (Lipinski definition) is 1. The number of aromatic nitrogens is 3. The molecule has 2 aromatic carbocycles. The van der Waals surface area contributed by atoms with Gasteiger partial charge in [0.1, 0.15) is 17.3 Å². The molecule has 0 bridgehead atoms. The molecule has 33 heavy (non-hydrogen) atoms. The maximum absolute atomic E-state index is 11.9. The van der Waals surface area contributed by atoms with Gasteiger partial charge in [-0.15, -0.1) is 10.2 Å². The van der Waals surface area contributed by atoms with Crippen LogP contribution in [0.15, 0.2) is 54.6 Å². The lowest BCUT2D eigenvalue weighted by atomic mass is 10.1. The molecule has 0 unspecified atom stereocenters. The van der Waals surface area contributed by atoms with Gasteiger partial charge in [0.25, 0.3) is 0 Å². The van der Waals surface area contributed by atoms with Crippen molar-refractivity contribution < 1.29 is 13.2 Å². The van der Waals surface area contributed by atoms with E-state index in [0.717, 1.165) is 43.4 Å². The third kappa shape index (κ3) is 6.19. The fraction of sp³-hybridized carbons (Fsp3) is 0.417. The summed E-state index contributed by atoms with van der Waals surface area (Å²) in [6.45, 7) is 7.16. The van der Waals surface area contributed by atoms with E-state index >= 15 is 0 Å². The average Bonchev–Trinajstić information content (AvgIpc) is 3.06. The molecule has 1 aromatic heterocycles. The third-order valence-corrected chi connectivity index (χ3v) is 6.40. The number of nitrogens with one attached hydrogen (secondary N) is 1. The topological polar surface area (TPSA) is 89.3 Å². The van der Waals surface area contributed by atoms with Crippen LogP contribution in [-0.4, -0.2) is 47.4 Å². The second kappa shape index (κ2) is 10.0. The first-order valence-electron chi connectivity index (χ1n) is 11.2. The van der Waals surface area contributed by atoms with Crippen LogP contribution < -0.4 is 9.46 Å². The van der Waals surface area contributed by atoms with Crippen LogP contribution in [0.1, 0.15) is 37.1 Å². The Morgan fingerprint density at radius 3 is 2.48 bits per heavy atom. The predicted octanol–water partition coefficient (Wildman–Crippen LogP) is 3.38. The minimum absolute atomic E-state index is 0.0553. The van der Waals surface area contributed by atoms with Crippen LogP contribution in [0.4, 0.5) is 0 Å². The quantitative estimate of drug-likeness (QED) is 0.544. The number of hydrogen-bond acceptors (Lipinski definition) is 6. The number of sulfonamides is 1. The summed E-state index contributed by atoms with van der Waals surface area (Å²) in [5, 5.41) is 8.74. The smallest absolute Gasteiger partial charge is 0.209 e. The summed E-state index contributed by atoms with van der Waals surface area (Å²) in [4.78, 5) is 2.38. The highest BCUT2D eigenvalue weighted by Gasteiger charge is 2.28. The Kier molecular flexibility index (Phi) is 7.11. The monoisotopic (exact) mass is 469 g/mol. The van der Waals surface area contributed by atoms with E-state index in [1.54, 1.807) is 0 Å². The van der Waals surface area contributed by atoms with Crippen molar-refractivity contribution in [2.24, 2.45) is 5.92 Å². The number of para-hydroxylation sites is 1. The molecule has 0 saturated heterocycles. The first-order valence-corrected chi connectivity index (χ1v) is 13.1. The summed E-state index contributed by atoms with van der Waals surface area (Å²) in [5.41, 5.74) is 1.18. The zero-order chi connectivity index (χ0) is 23.4. The first kappa shape index (κ1) is 23.4. The highest BCUT2D eigenvalue weighted by Crippen LogP contribution is 2.25. The van der Waals surface area contributed by atoms with Crippen molar-refractivity contribution in [2.45, 2.75) is 39.4 Å². The Morgan fingerprint density at radius 1 is 1.00 bits per heavy atom. The average molecular weight is 470 g/mol. The number of fused-ring (bicyclic) bond motifs is 1. The number of ether oxygens (including phenoxy) is 1. The lowest BCUT2D eigenvalue weighted by Crippen LogP contribution is -2.33. The number of nitrogens with zero attached hydrogens (tertiary/aromatic N) is 4. The predicted molar refractivity (Wildman–Crippen MR) is 128 cm³/mol. The van der Waals surface area contributed by atoms with Crippen molar-refractivity contribution in [3.8, 4) is 11.5 Å². The van der Waals surface area contributed by atoms with Gasteiger partial charge in [-0.1, -0.05) is 44.2 Å². The molecule has 1 aliphatic rings. The van der Waals surface area contributed by atoms with E-state index in [1.165, 1.54) is 11.8 Å². The van der Waals surface area contributed by atoms with Gasteiger partial charge < -0.3 is 9.30 Å². The Bertz CT molecular complexity index is 1180. The Hall–Kier alpha value is -2.75. The lowest BCUT2D eigenvalue weighted by molar-refractivity contribution is 0.268. The van der Waals surface area contributed by atoms with Crippen LogP contribution in [0, 0.1) is 5.92 Å². The van der Waals surface area contributed by atoms with Gasteiger partial charge in [0.2, 0.25) is 10.0 Å². The van der Waals surface area contributed by atoms with Gasteiger partial charge in [-0.05, 0) is 35.7 Å². The van der Waals surface area contributed by atoms with Gasteiger partial charge in [-0.3, -0.25) is 4.90 Å². The van der Waals surface area contributed by atoms with Crippen LogP contribution in [0.25, 0.3) is 0 Å². The minimum Gasteiger partial charge on any atom is -0.457 e. The van der Waals surface area contributed by atoms with Gasteiger partial charge in [-0.2, -0.15) is 0 Å². The van der Waals surface area contributed by atoms with Crippen molar-refractivity contribution in [2.75, 3.05) is 19.3 Å². The Labute approximate surface area is 195 Å². The summed E-state index contributed by atoms with van der Waals surface area (Å²) in [7, 11) is -3.36. The molecule has 0 aliphatic carbocycles. The second-order valence-corrected chi connectivity index (χ2v) is 10.6. The molecule has 0 saturated carbocycles. The molecular formula is C24H31N5O3S. The van der Waals surface area contributed by atoms with E-state index in [2.05, 4.69) is 36.5 Å². The van der Waals surface area contributed by atoms with Crippen molar-refractivity contribution in [3.05, 3.63) is 71.8 Å². The van der Waals surface area contributed by atoms with Gasteiger partial charge in [0.15, 0.2) is 5.82 Å². The summed E-state index contributed by atoms with van der Waals surface area (Å²) in [6, 6.07) is 17.5. The third-order valence-electron chi connectivity index (χ3n) is 5.72. The first-order chi connectivity index (χ1) is 15.8. The van der Waals surface area contributed by atoms with Crippen LogP contribution in [0.2, 0.25) is 0 Å². The van der Waals surface area contributed by atoms with E-state index in [4.69, 9.17) is 4.74 Å². The van der Waals surface area contributed by atoms with E-state index in [0.29, 0.717) is 12.4 Å². The van der Waals surface area contributed by atoms with Crippen molar-refractivity contribution in [1.82, 2.24) is 24.4 Å². The highest BCUT2D eigenvalue weighted by atomic mass is 32.2. The molecule has 1 atom stereocenters. The Balaban J connectivity index is 1.44. The summed E-state index contributed by atoms with van der Waals surface area (Å²) in [5.74, 6) is 3.27. The summed E-state index contributed by atoms with van der Waals surface area (Å²) in [6.07, 6.45) is 1.94. The molecule has 176 valence electrons. The molecule has 3 aromatic rings. The molecule has 0 radical (unpaired) electrons. The molecule has 0 spiro atoms. The van der Waals surface area contributed by atoms with Crippen molar-refractivity contribution in [3.63, 3.8) is 0 Å². The number of rotatable bonds is 8. The zero-order valence-corrected chi connectivity index (χ0v) is 20.1. The van der Waals surface area contributed by atoms with Crippen LogP contribution >= 0.6 is 0 Å². The van der Waals surface area contributed by atoms with Crippen LogP contribution in [-0.2, 0) is 29.5 Å². The second-order valence-electron chi connectivity index (χ2n) is 8.83. The van der Waals surface area contributed by atoms with Crippen molar-refractivity contribution in [1.29, 1.82) is 0 Å². The molecular weight excluding hydrogens is 438 g/mol. The number of benzene rings is 2. The van der Waals surface area contributed by atoms with Crippen LogP contribution in [0.5, 0.6) is 11.5 Å². The van der Waals surface area contributed by atoms with Crippen molar-refractivity contribution >= 4 is 10.0 Å². The van der Waals surface area contributed by atoms with Gasteiger partial charge in [-0.25, -0.2) is 13.1 Å². The molecule has 1 N–H and O–H groups in total. The Morgan fingerprint density at radius 2 is 1.76 bits per heavy atom. The summed E-state index contributed by atoms with van der Waals surface area (Å²) < 4.78 is 34.6. The van der Waals surface area contributed by atoms with Crippen LogP contribution in [0.3, 0.4) is 0 Å². The standard InChI is InChI=1S/C24H31N5O3S/c1-18(2)23(27-33(3,30)31)24-26-25-22-12-13-28(14-15-29(22)24)17-19-8-7-11-21(16-19)32-20-9-5-4-6-10-20/h4-11,16,18,23,27H,12-15,17H2,1-3H3/t23-/m1/s1. The van der Waals surface area contributed by atoms with E-state index < -0.39 is 16.1 Å². The maximum atomic E-state index is 11.9. The molecule has 2 heterocycles. The van der Waals surface area contributed by atoms with E-state index in [1.807, 2.05) is 56.3 Å². The summed E-state index contributed by atoms with van der Waals surface area (Å²) >= 11 is 0. The fourth-order valence-corrected chi connectivity index (χ4v) is 4.92. The van der Waals surface area contributed by atoms with Gasteiger partial charge >= 0.3 is 0 Å². The van der Waals surface area contributed by atoms with E-state index in [-0.39, 0.29) is 5.92 Å². The lowest BCUT2D eigenvalue weighted by Gasteiger charge is -2.22. The minimum atomic E-state index is -3.36. The zero-order valence-electron chi connectivity index (χ0n) is 19.3. The normalized spacial score (nSPS) is 15.8. The highest BCUT2D eigenvalue weighted by molar-refractivity contribution is 7.88. The van der Waals surface area contributed by atoms with Gasteiger partial charge in [0.05, 0.1) is 12.3 Å².